The van der Waals surface area contributed by atoms with Crippen LogP contribution < -0.4 is 0 Å². The van der Waals surface area contributed by atoms with Crippen LogP contribution in [-0.4, -0.2) is 17.2 Å². The van der Waals surface area contributed by atoms with Crippen LogP contribution in [0.4, 0.5) is 13.2 Å². The Morgan fingerprint density at radius 3 is 2.50 bits per heavy atom. The molecule has 0 aliphatic rings. The summed E-state index contributed by atoms with van der Waals surface area (Å²) < 4.78 is 35.6. The Bertz CT molecular complexity index is 283. The SMILES string of the molecule is O=C(c1ccc(F)nc1)C(F)F. The smallest absolute Gasteiger partial charge is 0.288 e. The number of hydrogen-bond donors (Lipinski definition) is 0. The molecule has 64 valence electrons. The molecule has 0 N–H and O–H groups in total. The number of alkyl halides is 2. The van der Waals surface area contributed by atoms with Gasteiger partial charge in [-0.25, -0.2) is 13.8 Å². The Hall–Kier alpha value is -1.39. The number of Topliss-reactive ketones (excluding diaryl/α,β-unsaturated/α-hetero) is 1. The fourth-order valence-electron chi connectivity index (χ4n) is 0.648. The van der Waals surface area contributed by atoms with E-state index in [0.717, 1.165) is 18.3 Å². The number of aromatic nitrogens is 1. The van der Waals surface area contributed by atoms with Crippen LogP contribution in [0.5, 0.6) is 0 Å². The van der Waals surface area contributed by atoms with Gasteiger partial charge in [0, 0.05) is 11.8 Å². The lowest BCUT2D eigenvalue weighted by molar-refractivity contribution is 0.0678. The molecule has 1 aromatic heterocycles. The third-order valence-corrected chi connectivity index (χ3v) is 1.21. The first-order valence-electron chi connectivity index (χ1n) is 3.05. The second kappa shape index (κ2) is 3.34. The summed E-state index contributed by atoms with van der Waals surface area (Å²) in [5.74, 6) is -2.15. The maximum Gasteiger partial charge on any atom is 0.300 e. The second-order valence-corrected chi connectivity index (χ2v) is 2.03. The number of carbonyl (C=O) groups excluding carboxylic acids is 1. The summed E-state index contributed by atoms with van der Waals surface area (Å²) >= 11 is 0. The predicted molar refractivity (Wildman–Crippen MR) is 34.5 cm³/mol. The molecule has 5 heteroatoms. The molecule has 0 radical (unpaired) electrons. The average Bonchev–Trinajstić information content (AvgIpc) is 2.04. The highest BCUT2D eigenvalue weighted by Crippen LogP contribution is 2.06. The fraction of sp³-hybridized carbons (Fsp3) is 0.143. The van der Waals surface area contributed by atoms with Crippen LogP contribution >= 0.6 is 0 Å². The standard InChI is InChI=1S/C7H4F3NO/c8-5-2-1-4(3-11-5)6(12)7(9)10/h1-3,7H. The summed E-state index contributed by atoms with van der Waals surface area (Å²) in [6.45, 7) is 0. The van der Waals surface area contributed by atoms with Gasteiger partial charge in [0.1, 0.15) is 0 Å². The minimum absolute atomic E-state index is 0.286. The van der Waals surface area contributed by atoms with Gasteiger partial charge in [0.05, 0.1) is 0 Å². The molecule has 0 atom stereocenters. The van der Waals surface area contributed by atoms with E-state index in [2.05, 4.69) is 4.98 Å². The van der Waals surface area contributed by atoms with Crippen molar-refractivity contribution in [1.82, 2.24) is 4.98 Å². The third kappa shape index (κ3) is 1.81. The molecule has 0 aromatic carbocycles. The van der Waals surface area contributed by atoms with Crippen molar-refractivity contribution in [2.45, 2.75) is 6.43 Å². The molecule has 0 saturated carbocycles. The van der Waals surface area contributed by atoms with Gasteiger partial charge in [-0.2, -0.15) is 4.39 Å². The Kier molecular flexibility index (Phi) is 2.42. The van der Waals surface area contributed by atoms with Gasteiger partial charge >= 0.3 is 6.43 Å². The van der Waals surface area contributed by atoms with Gasteiger partial charge < -0.3 is 0 Å². The molecule has 0 amide bonds. The van der Waals surface area contributed by atoms with Gasteiger partial charge in [0.2, 0.25) is 11.7 Å². The van der Waals surface area contributed by atoms with E-state index in [0.29, 0.717) is 0 Å². The number of rotatable bonds is 2. The third-order valence-electron chi connectivity index (χ3n) is 1.21. The molecule has 0 aliphatic carbocycles. The minimum Gasteiger partial charge on any atom is -0.288 e. The summed E-state index contributed by atoms with van der Waals surface area (Å²) in [6.07, 6.45) is -2.29. The van der Waals surface area contributed by atoms with Crippen LogP contribution in [0.2, 0.25) is 0 Å². The Morgan fingerprint density at radius 1 is 1.42 bits per heavy atom. The predicted octanol–water partition coefficient (Wildman–Crippen LogP) is 1.67. The number of hydrogen-bond acceptors (Lipinski definition) is 2. The van der Waals surface area contributed by atoms with Gasteiger partial charge in [-0.05, 0) is 12.1 Å². The van der Waals surface area contributed by atoms with E-state index in [4.69, 9.17) is 0 Å². The van der Waals surface area contributed by atoms with Crippen LogP contribution in [0, 0.1) is 5.95 Å². The molecule has 1 heterocycles. The molecular weight excluding hydrogens is 171 g/mol. The van der Waals surface area contributed by atoms with E-state index in [1.54, 1.807) is 0 Å². The highest BCUT2D eigenvalue weighted by atomic mass is 19.3. The highest BCUT2D eigenvalue weighted by Gasteiger charge is 2.17. The molecule has 0 bridgehead atoms. The molecule has 0 saturated heterocycles. The normalized spacial score (nSPS) is 10.3. The van der Waals surface area contributed by atoms with Crippen molar-refractivity contribution in [3.63, 3.8) is 0 Å². The number of halogens is 3. The zero-order valence-electron chi connectivity index (χ0n) is 5.80. The van der Waals surface area contributed by atoms with E-state index in [9.17, 15) is 18.0 Å². The van der Waals surface area contributed by atoms with Crippen molar-refractivity contribution in [2.24, 2.45) is 0 Å². The molecule has 1 aromatic rings. The van der Waals surface area contributed by atoms with Gasteiger partial charge in [0.15, 0.2) is 0 Å². The van der Waals surface area contributed by atoms with Gasteiger partial charge in [-0.1, -0.05) is 0 Å². The van der Waals surface area contributed by atoms with Crippen molar-refractivity contribution in [3.8, 4) is 0 Å². The first-order chi connectivity index (χ1) is 5.61. The lowest BCUT2D eigenvalue weighted by Gasteiger charge is -1.96. The van der Waals surface area contributed by atoms with Crippen LogP contribution in [0.3, 0.4) is 0 Å². The number of pyridine rings is 1. The van der Waals surface area contributed by atoms with Crippen LogP contribution in [0.1, 0.15) is 10.4 Å². The average molecular weight is 175 g/mol. The van der Waals surface area contributed by atoms with Crippen molar-refractivity contribution in [1.29, 1.82) is 0 Å². The van der Waals surface area contributed by atoms with Crippen LogP contribution in [0.25, 0.3) is 0 Å². The summed E-state index contributed by atoms with van der Waals surface area (Å²) in [6, 6.07) is 1.83. The molecule has 0 fully saturated rings. The quantitative estimate of drug-likeness (QED) is 0.505. The number of nitrogens with zero attached hydrogens (tertiary/aromatic N) is 1. The maximum absolute atomic E-state index is 12.1. The van der Waals surface area contributed by atoms with Crippen LogP contribution in [-0.2, 0) is 0 Å². The summed E-state index contributed by atoms with van der Waals surface area (Å²) in [7, 11) is 0. The Morgan fingerprint density at radius 2 is 2.08 bits per heavy atom. The summed E-state index contributed by atoms with van der Waals surface area (Å²) in [4.78, 5) is 13.6. The van der Waals surface area contributed by atoms with Crippen molar-refractivity contribution in [3.05, 3.63) is 29.8 Å². The van der Waals surface area contributed by atoms with Gasteiger partial charge in [-0.3, -0.25) is 4.79 Å². The second-order valence-electron chi connectivity index (χ2n) is 2.03. The molecule has 2 nitrogen and oxygen atoms in total. The van der Waals surface area contributed by atoms with Crippen LogP contribution in [0.15, 0.2) is 18.3 Å². The summed E-state index contributed by atoms with van der Waals surface area (Å²) in [5, 5.41) is 0. The molecule has 1 rings (SSSR count). The topological polar surface area (TPSA) is 30.0 Å². The largest absolute Gasteiger partial charge is 0.300 e. The van der Waals surface area contributed by atoms with E-state index in [-0.39, 0.29) is 5.56 Å². The number of ketones is 1. The molecule has 0 spiro atoms. The monoisotopic (exact) mass is 175 g/mol. The molecule has 12 heavy (non-hydrogen) atoms. The lowest BCUT2D eigenvalue weighted by atomic mass is 10.2. The van der Waals surface area contributed by atoms with Gasteiger partial charge in [-0.15, -0.1) is 0 Å². The molecular formula is C7H4F3NO. The molecule has 0 unspecified atom stereocenters. The zero-order chi connectivity index (χ0) is 9.14. The number of carbonyl (C=O) groups is 1. The van der Waals surface area contributed by atoms with Gasteiger partial charge in [0.25, 0.3) is 0 Å². The van der Waals surface area contributed by atoms with Crippen molar-refractivity contribution in [2.75, 3.05) is 0 Å². The summed E-state index contributed by atoms with van der Waals surface area (Å²) in [5.41, 5.74) is -0.286. The zero-order valence-corrected chi connectivity index (χ0v) is 5.80. The highest BCUT2D eigenvalue weighted by molar-refractivity contribution is 5.98. The Labute approximate surface area is 66.0 Å². The first kappa shape index (κ1) is 8.70. The fourth-order valence-corrected chi connectivity index (χ4v) is 0.648. The Balaban J connectivity index is 2.90. The first-order valence-corrected chi connectivity index (χ1v) is 3.05. The van der Waals surface area contributed by atoms with E-state index >= 15 is 0 Å². The van der Waals surface area contributed by atoms with Crippen molar-refractivity contribution >= 4 is 5.78 Å². The van der Waals surface area contributed by atoms with E-state index < -0.39 is 18.2 Å². The minimum atomic E-state index is -3.07. The maximum atomic E-state index is 12.1. The van der Waals surface area contributed by atoms with E-state index in [1.807, 2.05) is 0 Å². The van der Waals surface area contributed by atoms with E-state index in [1.165, 1.54) is 0 Å². The lowest BCUT2D eigenvalue weighted by Crippen LogP contribution is -2.10. The molecule has 0 aliphatic heterocycles. The van der Waals surface area contributed by atoms with Crippen molar-refractivity contribution < 1.29 is 18.0 Å².